The van der Waals surface area contributed by atoms with E-state index in [4.69, 9.17) is 4.42 Å². The maximum absolute atomic E-state index is 11.9. The summed E-state index contributed by atoms with van der Waals surface area (Å²) in [6.45, 7) is 0.337. The molecule has 0 unspecified atom stereocenters. The van der Waals surface area contributed by atoms with Crippen molar-refractivity contribution < 1.29 is 9.52 Å². The van der Waals surface area contributed by atoms with Crippen LogP contribution in [0.2, 0.25) is 0 Å². The zero-order valence-electron chi connectivity index (χ0n) is 14.9. The lowest BCUT2D eigenvalue weighted by molar-refractivity contribution is 0.473. The second-order valence-electron chi connectivity index (χ2n) is 6.56. The van der Waals surface area contributed by atoms with Gasteiger partial charge in [0.1, 0.15) is 17.0 Å². The second kappa shape index (κ2) is 6.05. The number of imidazole rings is 1. The summed E-state index contributed by atoms with van der Waals surface area (Å²) >= 11 is 0. The number of phenols is 1. The third-order valence-corrected chi connectivity index (χ3v) is 4.70. The van der Waals surface area contributed by atoms with Crippen LogP contribution >= 0.6 is 0 Å². The molecule has 8 heteroatoms. The first kappa shape index (κ1) is 16.2. The first-order valence-electron chi connectivity index (χ1n) is 8.66. The molecule has 2 aromatic carbocycles. The number of aromatic hydroxyl groups is 1. The highest BCUT2D eigenvalue weighted by Gasteiger charge is 2.14. The maximum Gasteiger partial charge on any atom is 0.336 e. The molecule has 0 aliphatic carbocycles. The van der Waals surface area contributed by atoms with Crippen LogP contribution in [0.15, 0.2) is 63.9 Å². The van der Waals surface area contributed by atoms with Crippen molar-refractivity contribution in [2.45, 2.75) is 6.54 Å². The normalized spacial score (nSPS) is 11.5. The molecule has 0 saturated carbocycles. The highest BCUT2D eigenvalue weighted by molar-refractivity contribution is 5.81. The van der Waals surface area contributed by atoms with Gasteiger partial charge in [-0.2, -0.15) is 0 Å². The number of benzene rings is 2. The van der Waals surface area contributed by atoms with Crippen LogP contribution in [0, 0.1) is 0 Å². The number of aryl methyl sites for hydroxylation is 1. The molecule has 0 amide bonds. The van der Waals surface area contributed by atoms with Gasteiger partial charge in [-0.1, -0.05) is 17.3 Å². The molecule has 0 aliphatic heterocycles. The average molecular weight is 373 g/mol. The van der Waals surface area contributed by atoms with E-state index in [0.29, 0.717) is 17.8 Å². The molecule has 138 valence electrons. The van der Waals surface area contributed by atoms with E-state index in [1.807, 2.05) is 35.9 Å². The number of rotatable bonds is 3. The van der Waals surface area contributed by atoms with Gasteiger partial charge in [0, 0.05) is 24.6 Å². The van der Waals surface area contributed by atoms with E-state index >= 15 is 0 Å². The summed E-state index contributed by atoms with van der Waals surface area (Å²) in [5.41, 5.74) is 3.12. The van der Waals surface area contributed by atoms with Crippen molar-refractivity contribution >= 4 is 22.0 Å². The molecule has 0 spiro atoms. The van der Waals surface area contributed by atoms with E-state index in [1.54, 1.807) is 23.0 Å². The Morgan fingerprint density at radius 3 is 2.86 bits per heavy atom. The van der Waals surface area contributed by atoms with Crippen molar-refractivity contribution in [1.29, 1.82) is 0 Å². The number of para-hydroxylation sites is 2. The van der Waals surface area contributed by atoms with Crippen LogP contribution in [-0.2, 0) is 13.6 Å². The van der Waals surface area contributed by atoms with Gasteiger partial charge < -0.3 is 14.1 Å². The minimum atomic E-state index is -0.483. The number of hydrogen-bond donors (Lipinski definition) is 1. The predicted molar refractivity (Wildman–Crippen MR) is 103 cm³/mol. The SMILES string of the molecule is Cn1c(-c2cn(Cc3cc(=O)oc4cc(O)ccc34)nn2)nc2ccccc21. The molecular formula is C20H15N5O3. The lowest BCUT2D eigenvalue weighted by Gasteiger charge is -2.05. The van der Waals surface area contributed by atoms with Crippen LogP contribution in [0.25, 0.3) is 33.5 Å². The van der Waals surface area contributed by atoms with E-state index in [0.717, 1.165) is 27.8 Å². The van der Waals surface area contributed by atoms with Gasteiger partial charge in [0.05, 0.1) is 23.8 Å². The van der Waals surface area contributed by atoms with Gasteiger partial charge in [-0.3, -0.25) is 0 Å². The predicted octanol–water partition coefficient (Wildman–Crippen LogP) is 2.69. The number of hydrogen-bond acceptors (Lipinski definition) is 6. The van der Waals surface area contributed by atoms with Crippen molar-refractivity contribution in [3.63, 3.8) is 0 Å². The number of phenolic OH excluding ortho intramolecular Hbond substituents is 1. The molecular weight excluding hydrogens is 358 g/mol. The van der Waals surface area contributed by atoms with Crippen LogP contribution in [0.1, 0.15) is 5.56 Å². The summed E-state index contributed by atoms with van der Waals surface area (Å²) in [6, 6.07) is 14.0. The quantitative estimate of drug-likeness (QED) is 0.488. The van der Waals surface area contributed by atoms with E-state index in [-0.39, 0.29) is 5.75 Å². The van der Waals surface area contributed by atoms with Gasteiger partial charge in [-0.25, -0.2) is 14.5 Å². The Bertz CT molecular complexity index is 1400. The summed E-state index contributed by atoms with van der Waals surface area (Å²) in [4.78, 5) is 16.5. The Labute approximate surface area is 158 Å². The van der Waals surface area contributed by atoms with E-state index in [1.165, 1.54) is 12.1 Å². The Balaban J connectivity index is 1.55. The topological polar surface area (TPSA) is 99.0 Å². The first-order valence-corrected chi connectivity index (χ1v) is 8.66. The molecule has 0 aliphatic rings. The third kappa shape index (κ3) is 2.62. The van der Waals surface area contributed by atoms with E-state index in [9.17, 15) is 9.90 Å². The molecule has 28 heavy (non-hydrogen) atoms. The average Bonchev–Trinajstić information content (AvgIpc) is 3.26. The monoisotopic (exact) mass is 373 g/mol. The molecule has 0 radical (unpaired) electrons. The van der Waals surface area contributed by atoms with Gasteiger partial charge in [0.2, 0.25) is 0 Å². The van der Waals surface area contributed by atoms with Crippen molar-refractivity contribution in [1.82, 2.24) is 24.5 Å². The number of fused-ring (bicyclic) bond motifs is 2. The van der Waals surface area contributed by atoms with Gasteiger partial charge in [-0.15, -0.1) is 5.10 Å². The largest absolute Gasteiger partial charge is 0.508 e. The minimum Gasteiger partial charge on any atom is -0.508 e. The molecule has 3 aromatic heterocycles. The fourth-order valence-electron chi connectivity index (χ4n) is 3.38. The summed E-state index contributed by atoms with van der Waals surface area (Å²) in [6.07, 6.45) is 1.79. The highest BCUT2D eigenvalue weighted by Crippen LogP contribution is 2.24. The lowest BCUT2D eigenvalue weighted by atomic mass is 10.1. The molecule has 1 N–H and O–H groups in total. The van der Waals surface area contributed by atoms with Crippen LogP contribution in [-0.4, -0.2) is 29.7 Å². The zero-order chi connectivity index (χ0) is 19.3. The number of aromatic nitrogens is 5. The standard InChI is InChI=1S/C20H15N5O3/c1-24-17-5-3-2-4-15(17)21-20(24)16-11-25(23-22-16)10-12-8-19(27)28-18-9-13(26)6-7-14(12)18/h2-9,11,26H,10H2,1H3. The molecule has 5 rings (SSSR count). The van der Waals surface area contributed by atoms with Gasteiger partial charge in [0.25, 0.3) is 0 Å². The maximum atomic E-state index is 11.9. The van der Waals surface area contributed by atoms with Crippen molar-refractivity contribution in [2.24, 2.45) is 7.05 Å². The fourth-order valence-corrected chi connectivity index (χ4v) is 3.38. The molecule has 0 atom stereocenters. The van der Waals surface area contributed by atoms with Crippen molar-refractivity contribution in [3.05, 3.63) is 70.7 Å². The molecule has 0 fully saturated rings. The Morgan fingerprint density at radius 1 is 1.14 bits per heavy atom. The van der Waals surface area contributed by atoms with Crippen molar-refractivity contribution in [2.75, 3.05) is 0 Å². The molecule has 8 nitrogen and oxygen atoms in total. The molecule has 0 bridgehead atoms. The minimum absolute atomic E-state index is 0.0395. The highest BCUT2D eigenvalue weighted by atomic mass is 16.4. The van der Waals surface area contributed by atoms with Gasteiger partial charge >= 0.3 is 5.63 Å². The molecule has 5 aromatic rings. The van der Waals surface area contributed by atoms with Gasteiger partial charge in [-0.05, 0) is 29.8 Å². The van der Waals surface area contributed by atoms with Crippen molar-refractivity contribution in [3.8, 4) is 17.3 Å². The van der Waals surface area contributed by atoms with Crippen LogP contribution < -0.4 is 5.63 Å². The summed E-state index contributed by atoms with van der Waals surface area (Å²) in [5.74, 6) is 0.757. The third-order valence-electron chi connectivity index (χ3n) is 4.70. The summed E-state index contributed by atoms with van der Waals surface area (Å²) in [7, 11) is 1.94. The van der Waals surface area contributed by atoms with Crippen LogP contribution in [0.4, 0.5) is 0 Å². The Morgan fingerprint density at radius 2 is 2.00 bits per heavy atom. The Hall–Kier alpha value is -3.94. The summed E-state index contributed by atoms with van der Waals surface area (Å²) < 4.78 is 8.79. The fraction of sp³-hybridized carbons (Fsp3) is 0.100. The van der Waals surface area contributed by atoms with Crippen LogP contribution in [0.5, 0.6) is 5.75 Å². The summed E-state index contributed by atoms with van der Waals surface area (Å²) in [5, 5.41) is 18.8. The second-order valence-corrected chi connectivity index (χ2v) is 6.56. The van der Waals surface area contributed by atoms with E-state index in [2.05, 4.69) is 15.3 Å². The Kier molecular flexibility index (Phi) is 3.51. The first-order chi connectivity index (χ1) is 13.6. The van der Waals surface area contributed by atoms with E-state index < -0.39 is 5.63 Å². The van der Waals surface area contributed by atoms with Crippen LogP contribution in [0.3, 0.4) is 0 Å². The molecule has 0 saturated heterocycles. The lowest BCUT2D eigenvalue weighted by Crippen LogP contribution is -2.06. The molecule has 3 heterocycles. The smallest absolute Gasteiger partial charge is 0.336 e. The zero-order valence-corrected chi connectivity index (χ0v) is 14.9. The van der Waals surface area contributed by atoms with Gasteiger partial charge in [0.15, 0.2) is 5.82 Å². The number of nitrogens with zero attached hydrogens (tertiary/aromatic N) is 5.